The second kappa shape index (κ2) is 11.2. The molecular weight excluding hydrogens is 476 g/mol. The first-order chi connectivity index (χ1) is 16.1. The highest BCUT2D eigenvalue weighted by Gasteiger charge is 2.32. The van der Waals surface area contributed by atoms with Crippen molar-refractivity contribution in [1.82, 2.24) is 25.0 Å². The molecule has 186 valence electrons. The molecule has 1 aromatic heterocycles. The number of aromatic nitrogens is 1. The molecule has 0 atom stereocenters. The number of carbonyl (C=O) groups is 2. The Kier molecular flexibility index (Phi) is 8.61. The predicted molar refractivity (Wildman–Crippen MR) is 135 cm³/mol. The summed E-state index contributed by atoms with van der Waals surface area (Å²) in [5.41, 5.74) is 0.436. The van der Waals surface area contributed by atoms with Crippen LogP contribution >= 0.6 is 23.6 Å². The van der Waals surface area contributed by atoms with E-state index in [0.29, 0.717) is 49.3 Å². The van der Waals surface area contributed by atoms with Crippen LogP contribution in [0.2, 0.25) is 0 Å². The monoisotopic (exact) mass is 508 g/mol. The third-order valence-corrected chi connectivity index (χ3v) is 7.10. The van der Waals surface area contributed by atoms with Gasteiger partial charge in [0.25, 0.3) is 0 Å². The van der Waals surface area contributed by atoms with Crippen LogP contribution in [0.1, 0.15) is 25.8 Å². The van der Waals surface area contributed by atoms with Crippen molar-refractivity contribution in [3.63, 3.8) is 0 Å². The first kappa shape index (κ1) is 26.0. The van der Waals surface area contributed by atoms with E-state index in [4.69, 9.17) is 17.0 Å². The molecule has 0 aliphatic carbocycles. The fourth-order valence-corrected chi connectivity index (χ4v) is 4.65. The largest absolute Gasteiger partial charge is 0.481 e. The minimum atomic E-state index is -0.889. The Morgan fingerprint density at radius 2 is 2.03 bits per heavy atom. The van der Waals surface area contributed by atoms with Gasteiger partial charge in [-0.25, -0.2) is 9.78 Å². The predicted octanol–water partition coefficient (Wildman–Crippen LogP) is 1.26. The molecule has 0 bridgehead atoms. The van der Waals surface area contributed by atoms with Gasteiger partial charge in [-0.3, -0.25) is 14.7 Å². The lowest BCUT2D eigenvalue weighted by Crippen LogP contribution is -2.54. The Labute approximate surface area is 209 Å². The van der Waals surface area contributed by atoms with E-state index in [2.05, 4.69) is 25.1 Å². The Hall–Kier alpha value is -2.57. The fraction of sp³-hybridized carbons (Fsp3) is 0.591. The maximum Gasteiger partial charge on any atom is 0.337 e. The van der Waals surface area contributed by atoms with Crippen molar-refractivity contribution in [2.45, 2.75) is 20.8 Å². The Morgan fingerprint density at radius 3 is 2.62 bits per heavy atom. The second-order valence-electron chi connectivity index (χ2n) is 8.90. The summed E-state index contributed by atoms with van der Waals surface area (Å²) in [6.07, 6.45) is 1.73. The summed E-state index contributed by atoms with van der Waals surface area (Å²) in [6.45, 7) is 9.56. The van der Waals surface area contributed by atoms with Gasteiger partial charge in [-0.2, -0.15) is 0 Å². The summed E-state index contributed by atoms with van der Waals surface area (Å²) in [5, 5.41) is 16.0. The molecule has 0 unspecified atom stereocenters. The van der Waals surface area contributed by atoms with Crippen LogP contribution in [-0.2, 0) is 14.3 Å². The van der Waals surface area contributed by atoms with Crippen LogP contribution in [0.15, 0.2) is 27.8 Å². The van der Waals surface area contributed by atoms with Gasteiger partial charge in [0.05, 0.1) is 24.1 Å². The molecule has 2 aliphatic rings. The fourth-order valence-electron chi connectivity index (χ4n) is 3.80. The van der Waals surface area contributed by atoms with Crippen LogP contribution in [0, 0.1) is 5.41 Å². The zero-order valence-corrected chi connectivity index (χ0v) is 21.7. The first-order valence-corrected chi connectivity index (χ1v) is 12.5. The lowest BCUT2D eigenvalue weighted by atomic mass is 9.93. The maximum atomic E-state index is 12.5. The molecule has 0 radical (unpaired) electrons. The van der Waals surface area contributed by atoms with Crippen molar-refractivity contribution in [1.29, 1.82) is 0 Å². The molecule has 1 fully saturated rings. The summed E-state index contributed by atoms with van der Waals surface area (Å²) < 4.78 is 5.25. The number of carboxylic acids is 1. The van der Waals surface area contributed by atoms with E-state index < -0.39 is 11.4 Å². The van der Waals surface area contributed by atoms with Crippen LogP contribution in [0.3, 0.4) is 0 Å². The third-order valence-electron chi connectivity index (χ3n) is 5.75. The van der Waals surface area contributed by atoms with Gasteiger partial charge >= 0.3 is 11.9 Å². The molecule has 1 aromatic rings. The molecule has 10 nitrogen and oxygen atoms in total. The quantitative estimate of drug-likeness (QED) is 0.393. The number of rotatable bonds is 8. The molecule has 2 N–H and O–H groups in total. The zero-order valence-electron chi connectivity index (χ0n) is 20.0. The molecule has 34 heavy (non-hydrogen) atoms. The lowest BCUT2D eigenvalue weighted by molar-refractivity contribution is -0.147. The van der Waals surface area contributed by atoms with E-state index in [9.17, 15) is 14.7 Å². The van der Waals surface area contributed by atoms with Crippen LogP contribution in [0.4, 0.5) is 0 Å². The Morgan fingerprint density at radius 1 is 1.32 bits per heavy atom. The molecule has 3 rings (SSSR count). The lowest BCUT2D eigenvalue weighted by Gasteiger charge is -2.40. The maximum absolute atomic E-state index is 12.5. The molecule has 0 amide bonds. The van der Waals surface area contributed by atoms with Gasteiger partial charge in [-0.15, -0.1) is 11.3 Å². The zero-order chi connectivity index (χ0) is 24.9. The van der Waals surface area contributed by atoms with E-state index in [-0.39, 0.29) is 12.5 Å². The summed E-state index contributed by atoms with van der Waals surface area (Å²) in [6, 6.07) is 0. The Bertz CT molecular complexity index is 968. The average molecular weight is 509 g/mol. The minimum absolute atomic E-state index is 0.254. The van der Waals surface area contributed by atoms with Gasteiger partial charge in [0.15, 0.2) is 16.0 Å². The minimum Gasteiger partial charge on any atom is -0.481 e. The number of thiocarbonyl (C=S) groups is 1. The number of amidine groups is 1. The van der Waals surface area contributed by atoms with Crippen LogP contribution in [-0.4, -0.2) is 107 Å². The van der Waals surface area contributed by atoms with E-state index >= 15 is 0 Å². The summed E-state index contributed by atoms with van der Waals surface area (Å²) in [5.74, 6) is -0.534. The van der Waals surface area contributed by atoms with E-state index in [0.717, 1.165) is 23.8 Å². The number of piperazine rings is 1. The van der Waals surface area contributed by atoms with Crippen molar-refractivity contribution >= 4 is 46.4 Å². The molecule has 3 heterocycles. The third kappa shape index (κ3) is 6.30. The molecule has 0 aromatic carbocycles. The molecule has 2 aliphatic heterocycles. The number of carboxylic acid groups (broad SMARTS) is 1. The van der Waals surface area contributed by atoms with Crippen molar-refractivity contribution < 1.29 is 19.4 Å². The summed E-state index contributed by atoms with van der Waals surface area (Å²) in [7, 11) is 1.83. The Balaban J connectivity index is 1.62. The van der Waals surface area contributed by atoms with Crippen molar-refractivity contribution in [3.05, 3.63) is 27.9 Å². The number of nitrogens with zero attached hydrogens (tertiary/aromatic N) is 5. The van der Waals surface area contributed by atoms with Gasteiger partial charge in [0, 0.05) is 63.6 Å². The number of carbonyl (C=O) groups excluding carboxylic acids is 1. The summed E-state index contributed by atoms with van der Waals surface area (Å²) in [4.78, 5) is 39.0. The van der Waals surface area contributed by atoms with Gasteiger partial charge in [0.2, 0.25) is 0 Å². The second-order valence-corrected chi connectivity index (χ2v) is 10.2. The number of aliphatic imine (C=N–C) groups is 1. The van der Waals surface area contributed by atoms with Crippen molar-refractivity contribution in [3.8, 4) is 0 Å². The number of ether oxygens (including phenoxy) is 1. The van der Waals surface area contributed by atoms with Gasteiger partial charge in [-0.05, 0) is 33.0 Å². The standard InChI is InChI=1S/C22H32N6O4S2/c1-5-32-19(29)15-12-24-17(18-23-6-11-34-18)25-16(15)13-27-7-9-28(10-8-27)21(33)26(4)14-22(2,3)20(30)31/h6,11H,5,7-10,12-14H2,1-4H3,(H,24,25)(H,30,31). The molecule has 0 spiro atoms. The van der Waals surface area contributed by atoms with E-state index in [1.807, 2.05) is 17.3 Å². The number of hydrogen-bond donors (Lipinski definition) is 2. The van der Waals surface area contributed by atoms with E-state index in [1.54, 1.807) is 27.0 Å². The highest BCUT2D eigenvalue weighted by molar-refractivity contribution is 7.80. The number of esters is 1. The van der Waals surface area contributed by atoms with E-state index in [1.165, 1.54) is 11.3 Å². The van der Waals surface area contributed by atoms with Crippen LogP contribution in [0.25, 0.3) is 0 Å². The normalized spacial score (nSPS) is 17.2. The van der Waals surface area contributed by atoms with Crippen LogP contribution in [0.5, 0.6) is 0 Å². The number of thiazole rings is 1. The number of aliphatic carboxylic acids is 1. The van der Waals surface area contributed by atoms with Crippen molar-refractivity contribution in [2.75, 3.05) is 59.5 Å². The molecule has 1 saturated heterocycles. The van der Waals surface area contributed by atoms with Gasteiger partial charge < -0.3 is 25.0 Å². The molecule has 12 heteroatoms. The molecular formula is C22H32N6O4S2. The highest BCUT2D eigenvalue weighted by atomic mass is 32.1. The molecule has 0 saturated carbocycles. The van der Waals surface area contributed by atoms with Crippen molar-refractivity contribution in [2.24, 2.45) is 10.4 Å². The van der Waals surface area contributed by atoms with Gasteiger partial charge in [0.1, 0.15) is 0 Å². The topological polar surface area (TPSA) is 111 Å². The summed E-state index contributed by atoms with van der Waals surface area (Å²) >= 11 is 7.12. The smallest absolute Gasteiger partial charge is 0.337 e. The number of nitrogens with one attached hydrogen (secondary N) is 1. The average Bonchev–Trinajstić information content (AvgIpc) is 3.34. The number of hydrogen-bond acceptors (Lipinski definition) is 9. The SMILES string of the molecule is CCOC(=O)C1=C(CN2CCN(C(=S)N(C)CC(C)(C)C(=O)O)CC2)NC(c2nccs2)=NC1. The van der Waals surface area contributed by atoms with Crippen LogP contribution < -0.4 is 5.32 Å². The first-order valence-electron chi connectivity index (χ1n) is 11.2. The van der Waals surface area contributed by atoms with Gasteiger partial charge in [-0.1, -0.05) is 0 Å². The highest BCUT2D eigenvalue weighted by Crippen LogP contribution is 2.19.